The van der Waals surface area contributed by atoms with Gasteiger partial charge in [-0.25, -0.2) is 0 Å². The van der Waals surface area contributed by atoms with Crippen LogP contribution in [0.15, 0.2) is 29.1 Å². The predicted molar refractivity (Wildman–Crippen MR) is 51.6 cm³/mol. The van der Waals surface area contributed by atoms with Gasteiger partial charge in [0.1, 0.15) is 12.0 Å². The number of nitrogens with one attached hydrogen (secondary N) is 1. The van der Waals surface area contributed by atoms with E-state index < -0.39 is 0 Å². The first-order valence-corrected chi connectivity index (χ1v) is 4.71. The molecule has 0 spiro atoms. The molecule has 0 aromatic carbocycles. The predicted octanol–water partition coefficient (Wildman–Crippen LogP) is 1.97. The molecule has 74 valence electrons. The molecule has 1 amide bonds. The SMILES string of the molecule is O=C(Nc1cnoc1)[C@@H]1CC=CCC1. The van der Waals surface area contributed by atoms with Crippen LogP contribution in [0.5, 0.6) is 0 Å². The lowest BCUT2D eigenvalue weighted by molar-refractivity contribution is -0.120. The average Bonchev–Trinajstić information content (AvgIpc) is 2.72. The van der Waals surface area contributed by atoms with Gasteiger partial charge >= 0.3 is 0 Å². The fourth-order valence-electron chi connectivity index (χ4n) is 1.54. The average molecular weight is 192 g/mol. The number of aromatic nitrogens is 1. The highest BCUT2D eigenvalue weighted by Gasteiger charge is 2.18. The van der Waals surface area contributed by atoms with Gasteiger partial charge in [0, 0.05) is 5.92 Å². The summed E-state index contributed by atoms with van der Waals surface area (Å²) in [5, 5.41) is 6.28. The van der Waals surface area contributed by atoms with Gasteiger partial charge < -0.3 is 9.84 Å². The van der Waals surface area contributed by atoms with Gasteiger partial charge in [-0.3, -0.25) is 4.79 Å². The first-order chi connectivity index (χ1) is 6.86. The van der Waals surface area contributed by atoms with Crippen molar-refractivity contribution in [1.29, 1.82) is 0 Å². The zero-order valence-electron chi connectivity index (χ0n) is 7.77. The molecule has 1 atom stereocenters. The van der Waals surface area contributed by atoms with Crippen molar-refractivity contribution < 1.29 is 9.32 Å². The van der Waals surface area contributed by atoms with Gasteiger partial charge in [0.15, 0.2) is 0 Å². The molecule has 0 aliphatic heterocycles. The summed E-state index contributed by atoms with van der Waals surface area (Å²) in [6, 6.07) is 0. The third kappa shape index (κ3) is 2.02. The second-order valence-corrected chi connectivity index (χ2v) is 3.38. The summed E-state index contributed by atoms with van der Waals surface area (Å²) in [7, 11) is 0. The Balaban J connectivity index is 1.92. The summed E-state index contributed by atoms with van der Waals surface area (Å²) in [4.78, 5) is 11.7. The number of rotatable bonds is 2. The maximum Gasteiger partial charge on any atom is 0.227 e. The maximum atomic E-state index is 11.7. The molecule has 0 unspecified atom stereocenters. The van der Waals surface area contributed by atoms with Crippen molar-refractivity contribution in [2.75, 3.05) is 5.32 Å². The molecule has 0 radical (unpaired) electrons. The van der Waals surface area contributed by atoms with E-state index in [1.165, 1.54) is 12.5 Å². The molecule has 2 rings (SSSR count). The summed E-state index contributed by atoms with van der Waals surface area (Å²) in [6.07, 6.45) is 9.84. The molecule has 0 saturated carbocycles. The molecule has 1 aliphatic carbocycles. The minimum absolute atomic E-state index is 0.0533. The topological polar surface area (TPSA) is 55.1 Å². The van der Waals surface area contributed by atoms with E-state index in [1.807, 2.05) is 0 Å². The Morgan fingerprint density at radius 2 is 2.50 bits per heavy atom. The van der Waals surface area contributed by atoms with Crippen LogP contribution in [0.1, 0.15) is 19.3 Å². The zero-order valence-corrected chi connectivity index (χ0v) is 7.77. The summed E-state index contributed by atoms with van der Waals surface area (Å²) in [6.45, 7) is 0. The quantitative estimate of drug-likeness (QED) is 0.729. The fourth-order valence-corrected chi connectivity index (χ4v) is 1.54. The Morgan fingerprint density at radius 1 is 1.57 bits per heavy atom. The van der Waals surface area contributed by atoms with Crippen LogP contribution in [-0.4, -0.2) is 11.1 Å². The van der Waals surface area contributed by atoms with Crippen molar-refractivity contribution in [3.05, 3.63) is 24.6 Å². The largest absolute Gasteiger partial charge is 0.363 e. The normalized spacial score (nSPS) is 20.7. The third-order valence-electron chi connectivity index (χ3n) is 2.34. The summed E-state index contributed by atoms with van der Waals surface area (Å²) >= 11 is 0. The molecule has 0 bridgehead atoms. The van der Waals surface area contributed by atoms with E-state index in [4.69, 9.17) is 0 Å². The molecule has 14 heavy (non-hydrogen) atoms. The van der Waals surface area contributed by atoms with Crippen molar-refractivity contribution >= 4 is 11.6 Å². The van der Waals surface area contributed by atoms with E-state index in [-0.39, 0.29) is 11.8 Å². The number of hydrogen-bond donors (Lipinski definition) is 1. The first-order valence-electron chi connectivity index (χ1n) is 4.71. The van der Waals surface area contributed by atoms with Crippen LogP contribution in [0.3, 0.4) is 0 Å². The van der Waals surface area contributed by atoms with Gasteiger partial charge in [-0.05, 0) is 19.3 Å². The van der Waals surface area contributed by atoms with Gasteiger partial charge in [0.2, 0.25) is 5.91 Å². The minimum atomic E-state index is 0.0533. The fraction of sp³-hybridized carbons (Fsp3) is 0.400. The number of allylic oxidation sites excluding steroid dienone is 2. The van der Waals surface area contributed by atoms with E-state index in [1.54, 1.807) is 0 Å². The second kappa shape index (κ2) is 4.09. The van der Waals surface area contributed by atoms with E-state index in [9.17, 15) is 4.79 Å². The summed E-state index contributed by atoms with van der Waals surface area (Å²) in [5.74, 6) is 0.146. The van der Waals surface area contributed by atoms with Crippen LogP contribution in [0.2, 0.25) is 0 Å². The smallest absolute Gasteiger partial charge is 0.227 e. The highest BCUT2D eigenvalue weighted by Crippen LogP contribution is 2.19. The molecular weight excluding hydrogens is 180 g/mol. The molecule has 1 heterocycles. The Labute approximate surface area is 82.0 Å². The highest BCUT2D eigenvalue weighted by molar-refractivity contribution is 5.92. The van der Waals surface area contributed by atoms with E-state index in [0.717, 1.165) is 19.3 Å². The number of nitrogens with zero attached hydrogens (tertiary/aromatic N) is 1. The molecular formula is C10H12N2O2. The van der Waals surface area contributed by atoms with Crippen molar-refractivity contribution in [1.82, 2.24) is 5.16 Å². The molecule has 1 aromatic rings. The van der Waals surface area contributed by atoms with E-state index in [2.05, 4.69) is 27.1 Å². The van der Waals surface area contributed by atoms with Crippen LogP contribution in [0, 0.1) is 5.92 Å². The Bertz CT molecular complexity index is 330. The number of carbonyl (C=O) groups excluding carboxylic acids is 1. The van der Waals surface area contributed by atoms with Gasteiger partial charge in [0.25, 0.3) is 0 Å². The molecule has 0 fully saturated rings. The van der Waals surface area contributed by atoms with Crippen LogP contribution in [0.25, 0.3) is 0 Å². The van der Waals surface area contributed by atoms with Crippen LogP contribution >= 0.6 is 0 Å². The highest BCUT2D eigenvalue weighted by atomic mass is 16.5. The maximum absolute atomic E-state index is 11.7. The number of hydrogen-bond acceptors (Lipinski definition) is 3. The van der Waals surface area contributed by atoms with Crippen molar-refractivity contribution in [2.24, 2.45) is 5.92 Å². The van der Waals surface area contributed by atoms with Crippen LogP contribution in [-0.2, 0) is 4.79 Å². The lowest BCUT2D eigenvalue weighted by Gasteiger charge is -2.16. The number of anilines is 1. The summed E-state index contributed by atoms with van der Waals surface area (Å²) in [5.41, 5.74) is 0.629. The molecule has 1 aliphatic rings. The molecule has 4 heteroatoms. The van der Waals surface area contributed by atoms with Crippen molar-refractivity contribution in [3.63, 3.8) is 0 Å². The molecule has 1 N–H and O–H groups in total. The standard InChI is InChI=1S/C10H12N2O2/c13-10(8-4-2-1-3-5-8)12-9-6-11-14-7-9/h1-2,6-8H,3-5H2,(H,12,13)/t8-/m1/s1. The van der Waals surface area contributed by atoms with Gasteiger partial charge in [-0.2, -0.15) is 0 Å². The summed E-state index contributed by atoms with van der Waals surface area (Å²) < 4.78 is 4.62. The van der Waals surface area contributed by atoms with Gasteiger partial charge in [-0.1, -0.05) is 17.3 Å². The van der Waals surface area contributed by atoms with E-state index >= 15 is 0 Å². The lowest BCUT2D eigenvalue weighted by atomic mass is 9.94. The van der Waals surface area contributed by atoms with Gasteiger partial charge in [-0.15, -0.1) is 0 Å². The van der Waals surface area contributed by atoms with Crippen molar-refractivity contribution in [3.8, 4) is 0 Å². The number of amides is 1. The number of carbonyl (C=O) groups is 1. The monoisotopic (exact) mass is 192 g/mol. The third-order valence-corrected chi connectivity index (χ3v) is 2.34. The Morgan fingerprint density at radius 3 is 3.14 bits per heavy atom. The lowest BCUT2D eigenvalue weighted by Crippen LogP contribution is -2.23. The van der Waals surface area contributed by atoms with Crippen LogP contribution in [0.4, 0.5) is 5.69 Å². The first kappa shape index (κ1) is 8.99. The Kier molecular flexibility index (Phi) is 2.62. The van der Waals surface area contributed by atoms with Crippen LogP contribution < -0.4 is 5.32 Å². The van der Waals surface area contributed by atoms with Gasteiger partial charge in [0.05, 0.1) is 6.20 Å². The van der Waals surface area contributed by atoms with Crippen molar-refractivity contribution in [2.45, 2.75) is 19.3 Å². The van der Waals surface area contributed by atoms with E-state index in [0.29, 0.717) is 5.69 Å². The second-order valence-electron chi connectivity index (χ2n) is 3.38. The molecule has 1 aromatic heterocycles. The molecule has 4 nitrogen and oxygen atoms in total. The zero-order chi connectivity index (χ0) is 9.80. The Hall–Kier alpha value is -1.58. The molecule has 0 saturated heterocycles. The minimum Gasteiger partial charge on any atom is -0.363 e.